The Labute approximate surface area is 130 Å². The largest absolute Gasteiger partial charge is 0.395 e. The number of carbonyl (C=O) groups excluding carboxylic acids is 1. The van der Waals surface area contributed by atoms with Crippen molar-refractivity contribution in [1.82, 2.24) is 4.90 Å². The van der Waals surface area contributed by atoms with Gasteiger partial charge in [0.15, 0.2) is 0 Å². The van der Waals surface area contributed by atoms with Crippen LogP contribution in [0.3, 0.4) is 0 Å². The van der Waals surface area contributed by atoms with Gasteiger partial charge < -0.3 is 10.6 Å². The van der Waals surface area contributed by atoms with Crippen molar-refractivity contribution in [2.75, 3.05) is 13.1 Å². The van der Waals surface area contributed by atoms with E-state index in [0.717, 1.165) is 18.4 Å². The van der Waals surface area contributed by atoms with Gasteiger partial charge in [0.05, 0.1) is 10.8 Å². The molecule has 1 aliphatic carbocycles. The van der Waals surface area contributed by atoms with Crippen molar-refractivity contribution in [2.45, 2.75) is 31.0 Å². The Morgan fingerprint density at radius 1 is 1.33 bits per heavy atom. The maximum atomic E-state index is 12.8. The molecule has 3 rings (SSSR count). The number of alkyl halides is 3. The monoisotopic (exact) mass is 340 g/mol. The zero-order chi connectivity index (χ0) is 14.5. The van der Waals surface area contributed by atoms with E-state index < -0.39 is 18.1 Å². The number of amides is 1. The summed E-state index contributed by atoms with van der Waals surface area (Å²) in [6, 6.07) is 0.885. The summed E-state index contributed by atoms with van der Waals surface area (Å²) >= 11 is 1.31. The predicted octanol–water partition coefficient (Wildman–Crippen LogP) is 3.01. The Morgan fingerprint density at radius 3 is 2.52 bits per heavy atom. The molecule has 1 aromatic rings. The lowest BCUT2D eigenvalue weighted by Gasteiger charge is -2.18. The van der Waals surface area contributed by atoms with Crippen LogP contribution in [0.2, 0.25) is 0 Å². The Bertz CT molecular complexity index is 530. The molecule has 2 fully saturated rings. The van der Waals surface area contributed by atoms with Crippen LogP contribution in [0.25, 0.3) is 0 Å². The molecule has 1 saturated carbocycles. The molecule has 2 N–H and O–H groups in total. The molecule has 0 spiro atoms. The Balaban J connectivity index is 0.00000161. The second kappa shape index (κ2) is 5.78. The van der Waals surface area contributed by atoms with Crippen molar-refractivity contribution in [3.05, 3.63) is 21.9 Å². The summed E-state index contributed by atoms with van der Waals surface area (Å²) in [4.78, 5) is 14.2. The highest BCUT2D eigenvalue weighted by atomic mass is 35.5. The van der Waals surface area contributed by atoms with Crippen LogP contribution >= 0.6 is 23.7 Å². The van der Waals surface area contributed by atoms with E-state index in [0.29, 0.717) is 10.8 Å². The van der Waals surface area contributed by atoms with E-state index in [1.807, 2.05) is 11.4 Å². The highest BCUT2D eigenvalue weighted by Crippen LogP contribution is 2.44. The second-order valence-electron chi connectivity index (χ2n) is 5.50. The Morgan fingerprint density at radius 2 is 2.00 bits per heavy atom. The number of carbonyl (C=O) groups is 1. The van der Waals surface area contributed by atoms with Gasteiger partial charge in [-0.2, -0.15) is 13.2 Å². The van der Waals surface area contributed by atoms with Gasteiger partial charge in [0.1, 0.15) is 0 Å². The fourth-order valence-corrected chi connectivity index (χ4v) is 3.64. The van der Waals surface area contributed by atoms with Crippen molar-refractivity contribution in [3.8, 4) is 0 Å². The smallest absolute Gasteiger partial charge is 0.336 e. The highest BCUT2D eigenvalue weighted by Gasteiger charge is 2.49. The van der Waals surface area contributed by atoms with Crippen LogP contribution in [0.4, 0.5) is 13.2 Å². The lowest BCUT2D eigenvalue weighted by Crippen LogP contribution is -2.38. The first-order chi connectivity index (χ1) is 9.38. The van der Waals surface area contributed by atoms with Crippen LogP contribution in [0.5, 0.6) is 0 Å². The minimum Gasteiger partial charge on any atom is -0.336 e. The van der Waals surface area contributed by atoms with Crippen LogP contribution in [-0.4, -0.2) is 36.1 Å². The maximum Gasteiger partial charge on any atom is 0.395 e. The molecule has 2 aliphatic rings. The fraction of sp³-hybridized carbons (Fsp3) is 0.615. The summed E-state index contributed by atoms with van der Waals surface area (Å²) in [7, 11) is 0. The minimum atomic E-state index is -4.34. The number of halogens is 4. The molecule has 1 amide bonds. The number of likely N-dealkylation sites (tertiary alicyclic amines) is 1. The molecule has 3 nitrogen and oxygen atoms in total. The van der Waals surface area contributed by atoms with E-state index in [1.54, 1.807) is 0 Å². The first-order valence-electron chi connectivity index (χ1n) is 6.57. The van der Waals surface area contributed by atoms with Gasteiger partial charge >= 0.3 is 6.18 Å². The van der Waals surface area contributed by atoms with Crippen molar-refractivity contribution >= 4 is 29.7 Å². The number of nitrogens with zero attached hydrogens (tertiary/aromatic N) is 1. The third-order valence-corrected chi connectivity index (χ3v) is 4.90. The number of hydrogen-bond donors (Lipinski definition) is 1. The lowest BCUT2D eigenvalue weighted by molar-refractivity contribution is -0.172. The van der Waals surface area contributed by atoms with Crippen LogP contribution in [0, 0.1) is 5.92 Å². The molecule has 0 radical (unpaired) electrons. The van der Waals surface area contributed by atoms with Gasteiger partial charge in [-0.3, -0.25) is 4.79 Å². The van der Waals surface area contributed by atoms with Crippen molar-refractivity contribution < 1.29 is 18.0 Å². The number of rotatable bonds is 2. The summed E-state index contributed by atoms with van der Waals surface area (Å²) in [6.07, 6.45) is -2.23. The van der Waals surface area contributed by atoms with Crippen molar-refractivity contribution in [3.63, 3.8) is 0 Å². The van der Waals surface area contributed by atoms with Crippen LogP contribution < -0.4 is 5.73 Å². The minimum absolute atomic E-state index is 0. The fourth-order valence-electron chi connectivity index (χ4n) is 2.69. The zero-order valence-electron chi connectivity index (χ0n) is 11.1. The van der Waals surface area contributed by atoms with Crippen LogP contribution in [-0.2, 0) is 0 Å². The average molecular weight is 341 g/mol. The molecule has 2 atom stereocenters. The van der Waals surface area contributed by atoms with Gasteiger partial charge in [0, 0.05) is 19.1 Å². The second-order valence-corrected chi connectivity index (χ2v) is 6.42. The zero-order valence-corrected chi connectivity index (χ0v) is 12.7. The quantitative estimate of drug-likeness (QED) is 0.899. The molecule has 8 heteroatoms. The standard InChI is InChI=1S/C13H15F3N2OS.ClH/c14-13(15,16)9-5-18(6-10(9)17)12(19)11-8(3-4-20-11)7-1-2-7;/h3-4,7,9-10H,1-2,5-6,17H2;1H/t9-,10-;/m1./s1. The SMILES string of the molecule is Cl.N[C@@H]1CN(C(=O)c2sccc2C2CC2)C[C@H]1C(F)(F)F. The molecular weight excluding hydrogens is 325 g/mol. The first kappa shape index (κ1) is 16.6. The van der Waals surface area contributed by atoms with E-state index in [4.69, 9.17) is 5.73 Å². The molecular formula is C13H16ClF3N2OS. The van der Waals surface area contributed by atoms with E-state index in [1.165, 1.54) is 16.2 Å². The molecule has 1 saturated heterocycles. The van der Waals surface area contributed by atoms with E-state index in [2.05, 4.69) is 0 Å². The Kier molecular flexibility index (Phi) is 4.56. The number of thiophene rings is 1. The van der Waals surface area contributed by atoms with Gasteiger partial charge in [0.2, 0.25) is 0 Å². The van der Waals surface area contributed by atoms with Gasteiger partial charge in [-0.1, -0.05) is 0 Å². The summed E-state index contributed by atoms with van der Waals surface area (Å²) in [5.41, 5.74) is 6.54. The molecule has 1 aromatic heterocycles. The average Bonchev–Trinajstić information content (AvgIpc) is 2.94. The summed E-state index contributed by atoms with van der Waals surface area (Å²) in [6.45, 7) is -0.351. The van der Waals surface area contributed by atoms with Crippen LogP contribution in [0.1, 0.15) is 34.0 Å². The maximum absolute atomic E-state index is 12.8. The highest BCUT2D eigenvalue weighted by molar-refractivity contribution is 7.12. The van der Waals surface area contributed by atoms with Crippen LogP contribution in [0.15, 0.2) is 11.4 Å². The molecule has 118 valence electrons. The normalized spacial score (nSPS) is 25.8. The molecule has 0 unspecified atom stereocenters. The third kappa shape index (κ3) is 3.19. The summed E-state index contributed by atoms with van der Waals surface area (Å²) < 4.78 is 38.4. The van der Waals surface area contributed by atoms with Gasteiger partial charge in [-0.05, 0) is 35.8 Å². The number of hydrogen-bond acceptors (Lipinski definition) is 3. The van der Waals surface area contributed by atoms with Gasteiger partial charge in [-0.25, -0.2) is 0 Å². The molecule has 0 bridgehead atoms. The van der Waals surface area contributed by atoms with Gasteiger partial charge in [-0.15, -0.1) is 23.7 Å². The summed E-state index contributed by atoms with van der Waals surface area (Å²) in [5.74, 6) is -1.50. The Hall–Kier alpha value is -0.790. The van der Waals surface area contributed by atoms with Gasteiger partial charge in [0.25, 0.3) is 5.91 Å². The lowest BCUT2D eigenvalue weighted by atomic mass is 10.0. The van der Waals surface area contributed by atoms with E-state index >= 15 is 0 Å². The number of nitrogens with two attached hydrogens (primary N) is 1. The molecule has 0 aromatic carbocycles. The molecule has 2 heterocycles. The first-order valence-corrected chi connectivity index (χ1v) is 7.45. The van der Waals surface area contributed by atoms with E-state index in [-0.39, 0.29) is 31.4 Å². The topological polar surface area (TPSA) is 46.3 Å². The van der Waals surface area contributed by atoms with E-state index in [9.17, 15) is 18.0 Å². The van der Waals surface area contributed by atoms with Crippen molar-refractivity contribution in [2.24, 2.45) is 11.7 Å². The molecule has 21 heavy (non-hydrogen) atoms. The third-order valence-electron chi connectivity index (χ3n) is 3.98. The van der Waals surface area contributed by atoms with Crippen molar-refractivity contribution in [1.29, 1.82) is 0 Å². The summed E-state index contributed by atoms with van der Waals surface area (Å²) in [5, 5.41) is 1.83. The predicted molar refractivity (Wildman–Crippen MR) is 77.0 cm³/mol. The molecule has 1 aliphatic heterocycles.